The molecule has 0 fully saturated rings. The fourth-order valence-corrected chi connectivity index (χ4v) is 1.81. The lowest BCUT2D eigenvalue weighted by Gasteiger charge is -2.27. The quantitative estimate of drug-likeness (QED) is 0.449. The third kappa shape index (κ3) is 6.93. The lowest BCUT2D eigenvalue weighted by molar-refractivity contribution is -0.148. The summed E-state index contributed by atoms with van der Waals surface area (Å²) in [6.45, 7) is 6.56. The first-order valence-corrected chi connectivity index (χ1v) is 6.50. The monoisotopic (exact) mass is 261 g/mol. The summed E-state index contributed by atoms with van der Waals surface area (Å²) in [5, 5.41) is 3.19. The third-order valence-electron chi connectivity index (χ3n) is 2.85. The van der Waals surface area contributed by atoms with Gasteiger partial charge in [-0.15, -0.1) is 0 Å². The Labute approximate surface area is 110 Å². The molecule has 0 spiro atoms. The van der Waals surface area contributed by atoms with Gasteiger partial charge in [-0.3, -0.25) is 4.79 Å². The number of rotatable bonds is 11. The molecule has 0 saturated carbocycles. The van der Waals surface area contributed by atoms with E-state index in [4.69, 9.17) is 14.2 Å². The summed E-state index contributed by atoms with van der Waals surface area (Å²) in [5.41, 5.74) is -0.587. The van der Waals surface area contributed by atoms with Crippen LogP contribution in [-0.2, 0) is 19.0 Å². The standard InChI is InChI=1S/C13H27NO4/c1-5-14-13(2,12(15)17-4)8-6-7-9-18-11-10-16-3/h14H,5-11H2,1-4H3. The smallest absolute Gasteiger partial charge is 0.325 e. The van der Waals surface area contributed by atoms with Gasteiger partial charge in [0, 0.05) is 13.7 Å². The van der Waals surface area contributed by atoms with Crippen molar-refractivity contribution >= 4 is 5.97 Å². The van der Waals surface area contributed by atoms with Crippen LogP contribution < -0.4 is 5.32 Å². The molecule has 0 bridgehead atoms. The molecule has 0 amide bonds. The van der Waals surface area contributed by atoms with E-state index >= 15 is 0 Å². The van der Waals surface area contributed by atoms with E-state index in [0.29, 0.717) is 19.8 Å². The van der Waals surface area contributed by atoms with Crippen molar-refractivity contribution in [1.29, 1.82) is 0 Å². The second-order valence-electron chi connectivity index (χ2n) is 4.42. The number of unbranched alkanes of at least 4 members (excludes halogenated alkanes) is 1. The van der Waals surface area contributed by atoms with Crippen LogP contribution in [0.25, 0.3) is 0 Å². The van der Waals surface area contributed by atoms with Crippen LogP contribution >= 0.6 is 0 Å². The summed E-state index contributed by atoms with van der Waals surface area (Å²) in [4.78, 5) is 11.7. The fraction of sp³-hybridized carbons (Fsp3) is 0.923. The van der Waals surface area contributed by atoms with Crippen molar-refractivity contribution < 1.29 is 19.0 Å². The molecule has 1 unspecified atom stereocenters. The van der Waals surface area contributed by atoms with Crippen LogP contribution in [-0.4, -0.2) is 52.1 Å². The zero-order chi connectivity index (χ0) is 13.9. The van der Waals surface area contributed by atoms with Gasteiger partial charge in [0.15, 0.2) is 0 Å². The lowest BCUT2D eigenvalue weighted by atomic mass is 9.95. The van der Waals surface area contributed by atoms with E-state index in [-0.39, 0.29) is 5.97 Å². The van der Waals surface area contributed by atoms with Crippen LogP contribution in [0.5, 0.6) is 0 Å². The second kappa shape index (κ2) is 10.3. The van der Waals surface area contributed by atoms with Gasteiger partial charge < -0.3 is 19.5 Å². The molecule has 0 rings (SSSR count). The average Bonchev–Trinajstić information content (AvgIpc) is 2.37. The summed E-state index contributed by atoms with van der Waals surface area (Å²) < 4.78 is 15.1. The van der Waals surface area contributed by atoms with Gasteiger partial charge in [-0.05, 0) is 32.7 Å². The first-order chi connectivity index (χ1) is 8.60. The van der Waals surface area contributed by atoms with Crippen LogP contribution in [0.1, 0.15) is 33.1 Å². The van der Waals surface area contributed by atoms with Crippen molar-refractivity contribution in [2.45, 2.75) is 38.6 Å². The van der Waals surface area contributed by atoms with E-state index in [1.54, 1.807) is 7.11 Å². The van der Waals surface area contributed by atoms with Crippen molar-refractivity contribution in [3.8, 4) is 0 Å². The summed E-state index contributed by atoms with van der Waals surface area (Å²) in [6.07, 6.45) is 2.61. The number of carbonyl (C=O) groups excluding carboxylic acids is 1. The minimum atomic E-state index is -0.587. The molecule has 0 aliphatic rings. The highest BCUT2D eigenvalue weighted by Crippen LogP contribution is 2.15. The molecule has 0 aliphatic heterocycles. The highest BCUT2D eigenvalue weighted by atomic mass is 16.5. The minimum absolute atomic E-state index is 0.204. The number of nitrogens with one attached hydrogen (secondary N) is 1. The summed E-state index contributed by atoms with van der Waals surface area (Å²) in [7, 11) is 3.08. The maximum Gasteiger partial charge on any atom is 0.325 e. The van der Waals surface area contributed by atoms with Gasteiger partial charge in [-0.1, -0.05) is 6.92 Å². The van der Waals surface area contributed by atoms with Crippen molar-refractivity contribution in [2.24, 2.45) is 0 Å². The van der Waals surface area contributed by atoms with Gasteiger partial charge in [-0.25, -0.2) is 0 Å². The molecule has 5 heteroatoms. The van der Waals surface area contributed by atoms with E-state index in [1.165, 1.54) is 7.11 Å². The third-order valence-corrected chi connectivity index (χ3v) is 2.85. The number of likely N-dealkylation sites (N-methyl/N-ethyl adjacent to an activating group) is 1. The zero-order valence-corrected chi connectivity index (χ0v) is 12.1. The van der Waals surface area contributed by atoms with Gasteiger partial charge in [0.25, 0.3) is 0 Å². The molecule has 5 nitrogen and oxygen atoms in total. The number of hydrogen-bond donors (Lipinski definition) is 1. The topological polar surface area (TPSA) is 56.8 Å². The summed E-state index contributed by atoms with van der Waals surface area (Å²) in [5.74, 6) is -0.204. The number of carbonyl (C=O) groups is 1. The highest BCUT2D eigenvalue weighted by molar-refractivity contribution is 5.80. The Hall–Kier alpha value is -0.650. The zero-order valence-electron chi connectivity index (χ0n) is 12.1. The van der Waals surface area contributed by atoms with Crippen LogP contribution in [0, 0.1) is 0 Å². The van der Waals surface area contributed by atoms with Crippen molar-refractivity contribution in [2.75, 3.05) is 40.6 Å². The molecule has 0 aromatic carbocycles. The van der Waals surface area contributed by atoms with Gasteiger partial charge in [-0.2, -0.15) is 0 Å². The Kier molecular flexibility index (Phi) is 9.92. The van der Waals surface area contributed by atoms with E-state index in [0.717, 1.165) is 25.8 Å². The summed E-state index contributed by atoms with van der Waals surface area (Å²) in [6, 6.07) is 0. The van der Waals surface area contributed by atoms with Gasteiger partial charge in [0.2, 0.25) is 0 Å². The molecule has 0 aliphatic carbocycles. The molecule has 1 N–H and O–H groups in total. The number of esters is 1. The number of ether oxygens (including phenoxy) is 3. The Bertz CT molecular complexity index is 223. The Balaban J connectivity index is 3.80. The van der Waals surface area contributed by atoms with Crippen molar-refractivity contribution in [1.82, 2.24) is 5.32 Å². The first-order valence-electron chi connectivity index (χ1n) is 6.50. The molecule has 0 aromatic heterocycles. The number of hydrogen-bond acceptors (Lipinski definition) is 5. The van der Waals surface area contributed by atoms with Crippen molar-refractivity contribution in [3.63, 3.8) is 0 Å². The average molecular weight is 261 g/mol. The molecule has 18 heavy (non-hydrogen) atoms. The minimum Gasteiger partial charge on any atom is -0.468 e. The molecule has 0 aromatic rings. The maximum atomic E-state index is 11.7. The van der Waals surface area contributed by atoms with E-state index in [9.17, 15) is 4.79 Å². The van der Waals surface area contributed by atoms with Gasteiger partial charge in [0.05, 0.1) is 20.3 Å². The molecule has 108 valence electrons. The largest absolute Gasteiger partial charge is 0.468 e. The van der Waals surface area contributed by atoms with Crippen LogP contribution in [0.3, 0.4) is 0 Å². The first kappa shape index (κ1) is 17.4. The lowest BCUT2D eigenvalue weighted by Crippen LogP contribution is -2.50. The van der Waals surface area contributed by atoms with Gasteiger partial charge >= 0.3 is 5.97 Å². The van der Waals surface area contributed by atoms with Gasteiger partial charge in [0.1, 0.15) is 5.54 Å². The van der Waals surface area contributed by atoms with E-state index in [2.05, 4.69) is 5.32 Å². The Morgan fingerprint density at radius 1 is 1.17 bits per heavy atom. The molecule has 0 saturated heterocycles. The fourth-order valence-electron chi connectivity index (χ4n) is 1.81. The molecular weight excluding hydrogens is 234 g/mol. The van der Waals surface area contributed by atoms with Crippen LogP contribution in [0.4, 0.5) is 0 Å². The van der Waals surface area contributed by atoms with Crippen molar-refractivity contribution in [3.05, 3.63) is 0 Å². The van der Waals surface area contributed by atoms with Crippen LogP contribution in [0.15, 0.2) is 0 Å². The number of methoxy groups -OCH3 is 2. The summed E-state index contributed by atoms with van der Waals surface area (Å²) >= 11 is 0. The molecule has 0 heterocycles. The molecule has 1 atom stereocenters. The maximum absolute atomic E-state index is 11.7. The second-order valence-corrected chi connectivity index (χ2v) is 4.42. The van der Waals surface area contributed by atoms with E-state index in [1.807, 2.05) is 13.8 Å². The normalized spacial score (nSPS) is 14.2. The van der Waals surface area contributed by atoms with E-state index < -0.39 is 5.54 Å². The Morgan fingerprint density at radius 3 is 2.44 bits per heavy atom. The van der Waals surface area contributed by atoms with Crippen LogP contribution in [0.2, 0.25) is 0 Å². The molecule has 0 radical (unpaired) electrons. The Morgan fingerprint density at radius 2 is 1.89 bits per heavy atom. The predicted octanol–water partition coefficient (Wildman–Crippen LogP) is 1.36. The highest BCUT2D eigenvalue weighted by Gasteiger charge is 2.32. The predicted molar refractivity (Wildman–Crippen MR) is 70.6 cm³/mol. The molecular formula is C13H27NO4. The SMILES string of the molecule is CCNC(C)(CCCCOCCOC)C(=O)OC.